The third-order valence-electron chi connectivity index (χ3n) is 5.94. The first kappa shape index (κ1) is 26.6. The molecule has 2 atom stereocenters. The topological polar surface area (TPSA) is 77.8 Å². The quantitative estimate of drug-likeness (QED) is 0.337. The van der Waals surface area contributed by atoms with Crippen molar-refractivity contribution in [3.05, 3.63) is 83.6 Å². The molecule has 1 aliphatic carbocycles. The van der Waals surface area contributed by atoms with E-state index in [1.807, 2.05) is 83.2 Å². The SMILES string of the molecule is CC(C=CC=C(C)C=CC1(O)C(C)(C)CCCC1(C)O)=CC=CC=C(C)C=CC(=O)O. The Labute approximate surface area is 187 Å². The van der Waals surface area contributed by atoms with Gasteiger partial charge in [0.05, 0.1) is 5.60 Å². The molecule has 1 saturated carbocycles. The molecule has 1 aliphatic rings. The van der Waals surface area contributed by atoms with E-state index in [-0.39, 0.29) is 0 Å². The molecule has 170 valence electrons. The standard InChI is InChI=1S/C27H38O4/c1-21(11-7-8-12-22(2)15-16-24(28)29)13-9-14-23(3)17-20-27(31)25(4,5)18-10-19-26(27,6)30/h7-9,11-17,20,30-31H,10,18-19H2,1-6H3,(H,28,29). The summed E-state index contributed by atoms with van der Waals surface area (Å²) in [7, 11) is 0. The number of hydrogen-bond acceptors (Lipinski definition) is 3. The van der Waals surface area contributed by atoms with Gasteiger partial charge in [-0.05, 0) is 58.4 Å². The van der Waals surface area contributed by atoms with Crippen molar-refractivity contribution in [3.63, 3.8) is 0 Å². The van der Waals surface area contributed by atoms with E-state index >= 15 is 0 Å². The predicted molar refractivity (Wildman–Crippen MR) is 129 cm³/mol. The lowest BCUT2D eigenvalue weighted by Gasteiger charge is -2.53. The molecule has 0 bridgehead atoms. The monoisotopic (exact) mass is 426 g/mol. The Morgan fingerprint density at radius 1 is 0.742 bits per heavy atom. The maximum Gasteiger partial charge on any atom is 0.328 e. The van der Waals surface area contributed by atoms with Gasteiger partial charge in [0.2, 0.25) is 0 Å². The second-order valence-corrected chi connectivity index (χ2v) is 9.26. The van der Waals surface area contributed by atoms with Gasteiger partial charge >= 0.3 is 5.97 Å². The molecule has 3 N–H and O–H groups in total. The van der Waals surface area contributed by atoms with E-state index in [9.17, 15) is 15.0 Å². The molecule has 4 heteroatoms. The first-order chi connectivity index (χ1) is 14.3. The number of hydrogen-bond donors (Lipinski definition) is 3. The van der Waals surface area contributed by atoms with Crippen LogP contribution in [0.15, 0.2) is 83.6 Å². The lowest BCUT2D eigenvalue weighted by molar-refractivity contribution is -0.194. The van der Waals surface area contributed by atoms with Crippen LogP contribution < -0.4 is 0 Å². The molecule has 31 heavy (non-hydrogen) atoms. The van der Waals surface area contributed by atoms with Crippen LogP contribution in [0.4, 0.5) is 0 Å². The summed E-state index contributed by atoms with van der Waals surface area (Å²) in [5.74, 6) is -0.960. The van der Waals surface area contributed by atoms with E-state index < -0.39 is 22.6 Å². The first-order valence-corrected chi connectivity index (χ1v) is 10.7. The van der Waals surface area contributed by atoms with Crippen molar-refractivity contribution in [2.45, 2.75) is 72.0 Å². The molecule has 0 aromatic heterocycles. The minimum absolute atomic E-state index is 0.400. The van der Waals surface area contributed by atoms with E-state index in [0.29, 0.717) is 6.42 Å². The van der Waals surface area contributed by atoms with Gasteiger partial charge in [0.15, 0.2) is 0 Å². The minimum Gasteiger partial charge on any atom is -0.478 e. The highest BCUT2D eigenvalue weighted by Gasteiger charge is 2.56. The van der Waals surface area contributed by atoms with E-state index in [0.717, 1.165) is 35.6 Å². The maximum absolute atomic E-state index is 11.3. The van der Waals surface area contributed by atoms with Crippen LogP contribution in [-0.2, 0) is 4.79 Å². The summed E-state index contributed by atoms with van der Waals surface area (Å²) in [6.45, 7) is 11.5. The van der Waals surface area contributed by atoms with Gasteiger partial charge < -0.3 is 15.3 Å². The summed E-state index contributed by atoms with van der Waals surface area (Å²) in [4.78, 5) is 10.5. The Morgan fingerprint density at radius 2 is 1.26 bits per heavy atom. The van der Waals surface area contributed by atoms with Gasteiger partial charge in [0.1, 0.15) is 5.60 Å². The zero-order valence-electron chi connectivity index (χ0n) is 19.7. The van der Waals surface area contributed by atoms with Gasteiger partial charge in [-0.1, -0.05) is 85.3 Å². The Bertz CT molecular complexity index is 826. The summed E-state index contributed by atoms with van der Waals surface area (Å²) in [6.07, 6.45) is 22.1. The molecule has 0 saturated heterocycles. The highest BCUT2D eigenvalue weighted by molar-refractivity contribution is 5.80. The van der Waals surface area contributed by atoms with Crippen LogP contribution in [0.3, 0.4) is 0 Å². The van der Waals surface area contributed by atoms with Crippen LogP contribution in [0.2, 0.25) is 0 Å². The second-order valence-electron chi connectivity index (χ2n) is 9.26. The Hall–Kier alpha value is -2.43. The van der Waals surface area contributed by atoms with Crippen molar-refractivity contribution in [2.24, 2.45) is 5.41 Å². The Morgan fingerprint density at radius 3 is 1.81 bits per heavy atom. The van der Waals surface area contributed by atoms with E-state index in [1.165, 1.54) is 0 Å². The third kappa shape index (κ3) is 7.97. The summed E-state index contributed by atoms with van der Waals surface area (Å²) in [5, 5.41) is 30.7. The number of carboxylic acids is 1. The van der Waals surface area contributed by atoms with Crippen LogP contribution in [-0.4, -0.2) is 32.5 Å². The van der Waals surface area contributed by atoms with Crippen LogP contribution in [0.1, 0.15) is 60.8 Å². The summed E-state index contributed by atoms with van der Waals surface area (Å²) >= 11 is 0. The fourth-order valence-corrected chi connectivity index (χ4v) is 3.78. The van der Waals surface area contributed by atoms with E-state index in [1.54, 1.807) is 19.1 Å². The summed E-state index contributed by atoms with van der Waals surface area (Å²) in [6, 6.07) is 0. The van der Waals surface area contributed by atoms with E-state index in [4.69, 9.17) is 5.11 Å². The van der Waals surface area contributed by atoms with Gasteiger partial charge in [-0.2, -0.15) is 0 Å². The Kier molecular flexibility index (Phi) is 9.67. The number of aliphatic hydroxyl groups is 2. The molecule has 0 radical (unpaired) electrons. The highest BCUT2D eigenvalue weighted by atomic mass is 16.4. The average molecular weight is 427 g/mol. The molecule has 0 heterocycles. The van der Waals surface area contributed by atoms with Crippen molar-refractivity contribution in [1.82, 2.24) is 0 Å². The van der Waals surface area contributed by atoms with Crippen LogP contribution >= 0.6 is 0 Å². The van der Waals surface area contributed by atoms with Gasteiger partial charge in [-0.25, -0.2) is 4.79 Å². The molecule has 0 aromatic carbocycles. The van der Waals surface area contributed by atoms with Crippen molar-refractivity contribution >= 4 is 5.97 Å². The van der Waals surface area contributed by atoms with Gasteiger partial charge in [0, 0.05) is 6.08 Å². The molecule has 4 nitrogen and oxygen atoms in total. The van der Waals surface area contributed by atoms with Crippen molar-refractivity contribution in [1.29, 1.82) is 0 Å². The molecule has 0 aliphatic heterocycles. The largest absolute Gasteiger partial charge is 0.478 e. The Balaban J connectivity index is 2.78. The number of allylic oxidation sites excluding steroid dienone is 12. The average Bonchev–Trinajstić information content (AvgIpc) is 2.66. The predicted octanol–water partition coefficient (Wildman–Crippen LogP) is 5.83. The van der Waals surface area contributed by atoms with Crippen molar-refractivity contribution < 1.29 is 20.1 Å². The fraction of sp³-hybridized carbons (Fsp3) is 0.444. The van der Waals surface area contributed by atoms with Crippen LogP contribution in [0.25, 0.3) is 0 Å². The van der Waals surface area contributed by atoms with Gasteiger partial charge in [-0.3, -0.25) is 0 Å². The van der Waals surface area contributed by atoms with Crippen LogP contribution in [0.5, 0.6) is 0 Å². The summed E-state index contributed by atoms with van der Waals surface area (Å²) in [5.41, 5.74) is 0.0721. The van der Waals surface area contributed by atoms with Gasteiger partial charge in [0.25, 0.3) is 0 Å². The van der Waals surface area contributed by atoms with Crippen molar-refractivity contribution in [2.75, 3.05) is 0 Å². The number of carboxylic acid groups (broad SMARTS) is 1. The normalized spacial score (nSPS) is 28.5. The van der Waals surface area contributed by atoms with Crippen molar-refractivity contribution in [3.8, 4) is 0 Å². The molecule has 0 amide bonds. The third-order valence-corrected chi connectivity index (χ3v) is 5.94. The number of aliphatic carboxylic acids is 1. The molecule has 1 fully saturated rings. The van der Waals surface area contributed by atoms with Crippen LogP contribution in [0, 0.1) is 5.41 Å². The first-order valence-electron chi connectivity index (χ1n) is 10.7. The fourth-order valence-electron chi connectivity index (χ4n) is 3.78. The molecular formula is C27H38O4. The molecule has 0 aromatic rings. The number of carbonyl (C=O) groups is 1. The van der Waals surface area contributed by atoms with Gasteiger partial charge in [-0.15, -0.1) is 0 Å². The summed E-state index contributed by atoms with van der Waals surface area (Å²) < 4.78 is 0. The molecule has 2 unspecified atom stereocenters. The smallest absolute Gasteiger partial charge is 0.328 e. The highest BCUT2D eigenvalue weighted by Crippen LogP contribution is 2.50. The zero-order valence-corrected chi connectivity index (χ0v) is 19.7. The maximum atomic E-state index is 11.3. The zero-order chi connectivity index (χ0) is 23.7. The lowest BCUT2D eigenvalue weighted by atomic mass is 9.58. The molecule has 1 rings (SSSR count). The number of rotatable bonds is 8. The molecule has 0 spiro atoms. The lowest BCUT2D eigenvalue weighted by Crippen LogP contribution is -2.62. The van der Waals surface area contributed by atoms with E-state index in [2.05, 4.69) is 0 Å². The minimum atomic E-state index is -1.27. The second kappa shape index (κ2) is 11.3. The molecular weight excluding hydrogens is 388 g/mol.